The van der Waals surface area contributed by atoms with Crippen LogP contribution < -0.4 is 10.5 Å². The van der Waals surface area contributed by atoms with E-state index >= 15 is 0 Å². The molecule has 1 atom stereocenters. The van der Waals surface area contributed by atoms with Gasteiger partial charge in [0, 0.05) is 25.2 Å². The van der Waals surface area contributed by atoms with E-state index in [9.17, 15) is 18.0 Å². The fourth-order valence-electron chi connectivity index (χ4n) is 2.85. The van der Waals surface area contributed by atoms with Gasteiger partial charge in [0.1, 0.15) is 0 Å². The van der Waals surface area contributed by atoms with Crippen molar-refractivity contribution in [3.8, 4) is 11.7 Å². The number of amides is 1. The summed E-state index contributed by atoms with van der Waals surface area (Å²) < 4.78 is 46.3. The fraction of sp³-hybridized carbons (Fsp3) is 0.467. The van der Waals surface area contributed by atoms with Crippen LogP contribution in [0.25, 0.3) is 5.82 Å². The van der Waals surface area contributed by atoms with Gasteiger partial charge in [-0.3, -0.25) is 4.79 Å². The lowest BCUT2D eigenvalue weighted by Crippen LogP contribution is -2.46. The lowest BCUT2D eigenvalue weighted by Gasteiger charge is -2.30. The smallest absolute Gasteiger partial charge is 0.434 e. The molecule has 0 spiro atoms. The number of carbonyl (C=O) groups is 1. The summed E-state index contributed by atoms with van der Waals surface area (Å²) in [6.45, 7) is 0.570. The van der Waals surface area contributed by atoms with Crippen molar-refractivity contribution in [2.24, 2.45) is 5.73 Å². The summed E-state index contributed by atoms with van der Waals surface area (Å²) in [6, 6.07) is 2.39. The SMILES string of the molecule is COc1ccc(-n2ncc(C(=O)N3CCC[C@@H](N)C3)c2C(F)(F)F)nn1. The second-order valence-corrected chi connectivity index (χ2v) is 5.90. The molecule has 0 saturated carbocycles. The van der Waals surface area contributed by atoms with E-state index < -0.39 is 23.3 Å². The summed E-state index contributed by atoms with van der Waals surface area (Å²) in [5, 5.41) is 11.0. The van der Waals surface area contributed by atoms with Gasteiger partial charge in [0.25, 0.3) is 5.91 Å². The Morgan fingerprint density at radius 1 is 1.35 bits per heavy atom. The minimum atomic E-state index is -4.80. The van der Waals surface area contributed by atoms with Crippen molar-refractivity contribution < 1.29 is 22.7 Å². The first-order valence-corrected chi connectivity index (χ1v) is 7.89. The lowest BCUT2D eigenvalue weighted by molar-refractivity contribution is -0.143. The van der Waals surface area contributed by atoms with Crippen LogP contribution in [-0.2, 0) is 6.18 Å². The minimum absolute atomic E-state index is 0.146. The molecule has 2 aromatic rings. The molecular weight excluding hydrogens is 353 g/mol. The van der Waals surface area contributed by atoms with Gasteiger partial charge in [-0.25, -0.2) is 4.68 Å². The van der Waals surface area contributed by atoms with E-state index in [0.717, 1.165) is 12.6 Å². The second kappa shape index (κ2) is 6.90. The van der Waals surface area contributed by atoms with E-state index in [1.54, 1.807) is 0 Å². The second-order valence-electron chi connectivity index (χ2n) is 5.90. The third-order valence-corrected chi connectivity index (χ3v) is 4.07. The third kappa shape index (κ3) is 3.47. The number of nitrogens with zero attached hydrogens (tertiary/aromatic N) is 5. The minimum Gasteiger partial charge on any atom is -0.480 e. The van der Waals surface area contributed by atoms with Crippen LogP contribution in [0, 0.1) is 0 Å². The molecule has 0 bridgehead atoms. The molecule has 3 rings (SSSR count). The van der Waals surface area contributed by atoms with E-state index in [1.165, 1.54) is 24.1 Å². The zero-order chi connectivity index (χ0) is 18.9. The van der Waals surface area contributed by atoms with E-state index in [0.29, 0.717) is 17.6 Å². The van der Waals surface area contributed by atoms with Crippen LogP contribution in [-0.4, -0.2) is 57.0 Å². The number of carbonyl (C=O) groups excluding carboxylic acids is 1. The summed E-state index contributed by atoms with van der Waals surface area (Å²) in [5.41, 5.74) is 4.09. The molecule has 1 fully saturated rings. The molecule has 0 radical (unpaired) electrons. The van der Waals surface area contributed by atoms with E-state index in [4.69, 9.17) is 10.5 Å². The van der Waals surface area contributed by atoms with Gasteiger partial charge in [-0.15, -0.1) is 10.2 Å². The zero-order valence-electron chi connectivity index (χ0n) is 13.9. The van der Waals surface area contributed by atoms with Gasteiger partial charge >= 0.3 is 6.18 Å². The van der Waals surface area contributed by atoms with Crippen LogP contribution >= 0.6 is 0 Å². The Labute approximate surface area is 146 Å². The molecular formula is C15H17F3N6O2. The number of methoxy groups -OCH3 is 1. The lowest BCUT2D eigenvalue weighted by atomic mass is 10.1. The van der Waals surface area contributed by atoms with Gasteiger partial charge in [0.2, 0.25) is 5.88 Å². The fourth-order valence-corrected chi connectivity index (χ4v) is 2.85. The average molecular weight is 370 g/mol. The summed E-state index contributed by atoms with van der Waals surface area (Å²) >= 11 is 0. The van der Waals surface area contributed by atoms with Gasteiger partial charge in [-0.2, -0.15) is 18.3 Å². The molecule has 11 heteroatoms. The Hall–Kier alpha value is -2.69. The highest BCUT2D eigenvalue weighted by molar-refractivity contribution is 5.95. The topological polar surface area (TPSA) is 99.2 Å². The molecule has 0 aliphatic carbocycles. The molecule has 26 heavy (non-hydrogen) atoms. The normalized spacial score (nSPS) is 18.0. The van der Waals surface area contributed by atoms with Crippen molar-refractivity contribution >= 4 is 5.91 Å². The Balaban J connectivity index is 2.01. The molecule has 0 aromatic carbocycles. The maximum atomic E-state index is 13.6. The highest BCUT2D eigenvalue weighted by Crippen LogP contribution is 2.34. The zero-order valence-corrected chi connectivity index (χ0v) is 13.9. The number of hydrogen-bond donors (Lipinski definition) is 1. The van der Waals surface area contributed by atoms with Gasteiger partial charge in [-0.1, -0.05) is 0 Å². The van der Waals surface area contributed by atoms with Crippen LogP contribution in [0.1, 0.15) is 28.9 Å². The van der Waals surface area contributed by atoms with Crippen molar-refractivity contribution in [3.05, 3.63) is 29.6 Å². The highest BCUT2D eigenvalue weighted by Gasteiger charge is 2.42. The largest absolute Gasteiger partial charge is 0.480 e. The number of aromatic nitrogens is 4. The molecule has 140 valence electrons. The first kappa shape index (κ1) is 18.1. The maximum Gasteiger partial charge on any atom is 0.434 e. The standard InChI is InChI=1S/C15H17F3N6O2/c1-26-12-5-4-11(21-22-12)24-13(15(16,17)18)10(7-20-24)14(25)23-6-2-3-9(19)8-23/h4-5,7,9H,2-3,6,8,19H2,1H3/t9-/m1/s1. The van der Waals surface area contributed by atoms with Crippen molar-refractivity contribution in [2.45, 2.75) is 25.1 Å². The first-order chi connectivity index (χ1) is 12.3. The highest BCUT2D eigenvalue weighted by atomic mass is 19.4. The van der Waals surface area contributed by atoms with Crippen molar-refractivity contribution in [2.75, 3.05) is 20.2 Å². The summed E-state index contributed by atoms with van der Waals surface area (Å²) in [6.07, 6.45) is -2.53. The molecule has 0 unspecified atom stereocenters. The van der Waals surface area contributed by atoms with E-state index in [-0.39, 0.29) is 24.3 Å². The van der Waals surface area contributed by atoms with Gasteiger partial charge in [-0.05, 0) is 18.9 Å². The average Bonchev–Trinajstić information content (AvgIpc) is 3.06. The Morgan fingerprint density at radius 2 is 2.12 bits per heavy atom. The monoisotopic (exact) mass is 370 g/mol. The third-order valence-electron chi connectivity index (χ3n) is 4.07. The van der Waals surface area contributed by atoms with Crippen molar-refractivity contribution in [1.29, 1.82) is 0 Å². The number of ether oxygens (including phenoxy) is 1. The molecule has 8 nitrogen and oxygen atoms in total. The Morgan fingerprint density at radius 3 is 2.69 bits per heavy atom. The summed E-state index contributed by atoms with van der Waals surface area (Å²) in [4.78, 5) is 13.9. The van der Waals surface area contributed by atoms with Crippen LogP contribution in [0.5, 0.6) is 5.88 Å². The quantitative estimate of drug-likeness (QED) is 0.873. The predicted octanol–water partition coefficient (Wildman–Crippen LogP) is 1.25. The molecule has 2 N–H and O–H groups in total. The van der Waals surface area contributed by atoms with Crippen LogP contribution in [0.15, 0.2) is 18.3 Å². The summed E-state index contributed by atoms with van der Waals surface area (Å²) in [7, 11) is 1.36. The summed E-state index contributed by atoms with van der Waals surface area (Å²) in [5.74, 6) is -0.777. The van der Waals surface area contributed by atoms with Crippen molar-refractivity contribution in [3.63, 3.8) is 0 Å². The number of halogens is 3. The van der Waals surface area contributed by atoms with E-state index in [2.05, 4.69) is 15.3 Å². The molecule has 1 aliphatic rings. The Bertz CT molecular complexity index is 790. The van der Waals surface area contributed by atoms with Gasteiger partial charge in [0.05, 0.1) is 18.9 Å². The first-order valence-electron chi connectivity index (χ1n) is 7.89. The van der Waals surface area contributed by atoms with E-state index in [1.807, 2.05) is 0 Å². The number of alkyl halides is 3. The maximum absolute atomic E-state index is 13.6. The number of likely N-dealkylation sites (tertiary alicyclic amines) is 1. The van der Waals surface area contributed by atoms with Gasteiger partial charge in [0.15, 0.2) is 11.5 Å². The number of nitrogens with two attached hydrogens (primary N) is 1. The number of rotatable bonds is 3. The molecule has 1 amide bonds. The van der Waals surface area contributed by atoms with Crippen molar-refractivity contribution in [1.82, 2.24) is 24.9 Å². The van der Waals surface area contributed by atoms with Crippen LogP contribution in [0.4, 0.5) is 13.2 Å². The van der Waals surface area contributed by atoms with Crippen LogP contribution in [0.2, 0.25) is 0 Å². The Kier molecular flexibility index (Phi) is 4.81. The number of hydrogen-bond acceptors (Lipinski definition) is 6. The molecule has 1 aliphatic heterocycles. The van der Waals surface area contributed by atoms with Crippen LogP contribution in [0.3, 0.4) is 0 Å². The predicted molar refractivity (Wildman–Crippen MR) is 83.8 cm³/mol. The van der Waals surface area contributed by atoms with Gasteiger partial charge < -0.3 is 15.4 Å². The molecule has 2 aromatic heterocycles. The molecule has 1 saturated heterocycles. The molecule has 3 heterocycles. The number of piperidine rings is 1.